The lowest BCUT2D eigenvalue weighted by atomic mass is 9.93. The predicted molar refractivity (Wildman–Crippen MR) is 68.1 cm³/mol. The van der Waals surface area contributed by atoms with Crippen LogP contribution in [-0.2, 0) is 17.8 Å². The lowest BCUT2D eigenvalue weighted by Gasteiger charge is -2.16. The number of carbonyl (C=O) groups is 1. The van der Waals surface area contributed by atoms with Crippen LogP contribution in [0.25, 0.3) is 0 Å². The van der Waals surface area contributed by atoms with Crippen molar-refractivity contribution in [2.75, 3.05) is 13.1 Å². The Kier molecular flexibility index (Phi) is 3.12. The lowest BCUT2D eigenvalue weighted by molar-refractivity contribution is -0.130. The molecule has 4 heteroatoms. The van der Waals surface area contributed by atoms with Crippen molar-refractivity contribution in [1.29, 1.82) is 0 Å². The number of carbonyl (C=O) groups excluding carboxylic acids is 1. The van der Waals surface area contributed by atoms with E-state index in [-0.39, 0.29) is 12.0 Å². The van der Waals surface area contributed by atoms with Gasteiger partial charge in [0.15, 0.2) is 0 Å². The average molecular weight is 248 g/mol. The highest BCUT2D eigenvalue weighted by Gasteiger charge is 2.22. The van der Waals surface area contributed by atoms with Crippen LogP contribution in [0.2, 0.25) is 0 Å². The zero-order chi connectivity index (χ0) is 12.5. The normalized spacial score (nSPS) is 23.2. The van der Waals surface area contributed by atoms with Crippen molar-refractivity contribution >= 4 is 5.91 Å². The highest BCUT2D eigenvalue weighted by Crippen LogP contribution is 2.30. The summed E-state index contributed by atoms with van der Waals surface area (Å²) < 4.78 is 1.94. The maximum Gasteiger partial charge on any atom is 0.242 e. The Labute approximate surface area is 107 Å². The maximum atomic E-state index is 12.1. The summed E-state index contributed by atoms with van der Waals surface area (Å²) in [5.74, 6) is 0.203. The first-order chi connectivity index (χ1) is 8.74. The van der Waals surface area contributed by atoms with E-state index in [1.54, 1.807) is 0 Å². The smallest absolute Gasteiger partial charge is 0.242 e. The summed E-state index contributed by atoms with van der Waals surface area (Å²) in [4.78, 5) is 14.0. The minimum atomic E-state index is -0.336. The number of rotatable bonds is 2. The van der Waals surface area contributed by atoms with Crippen LogP contribution < -0.4 is 0 Å². The lowest BCUT2D eigenvalue weighted by Crippen LogP contribution is -2.30. The molecule has 2 heterocycles. The average Bonchev–Trinajstić information content (AvgIpc) is 2.97. The van der Waals surface area contributed by atoms with Crippen LogP contribution in [0.15, 0.2) is 12.4 Å². The molecule has 1 aromatic rings. The molecule has 1 atom stereocenters. The van der Waals surface area contributed by atoms with Crippen molar-refractivity contribution < 1.29 is 9.90 Å². The Morgan fingerprint density at radius 3 is 2.78 bits per heavy atom. The first kappa shape index (κ1) is 11.8. The molecule has 4 nitrogen and oxygen atoms in total. The van der Waals surface area contributed by atoms with Crippen molar-refractivity contribution in [2.45, 2.75) is 44.8 Å². The van der Waals surface area contributed by atoms with Gasteiger partial charge in [0.1, 0.15) is 6.54 Å². The van der Waals surface area contributed by atoms with Gasteiger partial charge >= 0.3 is 0 Å². The third-order valence-corrected chi connectivity index (χ3v) is 4.06. The fourth-order valence-corrected chi connectivity index (χ4v) is 3.04. The van der Waals surface area contributed by atoms with E-state index in [9.17, 15) is 9.90 Å². The van der Waals surface area contributed by atoms with Gasteiger partial charge in [-0.25, -0.2) is 0 Å². The van der Waals surface area contributed by atoms with Gasteiger partial charge < -0.3 is 14.6 Å². The van der Waals surface area contributed by atoms with E-state index in [1.807, 2.05) is 21.9 Å². The Bertz CT molecular complexity index is 447. The Morgan fingerprint density at radius 1 is 1.28 bits per heavy atom. The highest BCUT2D eigenvalue weighted by molar-refractivity contribution is 5.76. The molecule has 1 aromatic heterocycles. The third kappa shape index (κ3) is 2.17. The highest BCUT2D eigenvalue weighted by atomic mass is 16.3. The number of likely N-dealkylation sites (tertiary alicyclic amines) is 1. The number of hydrogen-bond acceptors (Lipinski definition) is 2. The number of aliphatic hydroxyl groups is 1. The summed E-state index contributed by atoms with van der Waals surface area (Å²) >= 11 is 0. The quantitative estimate of drug-likeness (QED) is 0.861. The van der Waals surface area contributed by atoms with E-state index in [0.29, 0.717) is 6.54 Å². The number of aromatic nitrogens is 1. The van der Waals surface area contributed by atoms with E-state index in [4.69, 9.17) is 0 Å². The number of aryl methyl sites for hydroxylation is 1. The zero-order valence-electron chi connectivity index (χ0n) is 10.6. The predicted octanol–water partition coefficient (Wildman–Crippen LogP) is 1.48. The van der Waals surface area contributed by atoms with Gasteiger partial charge in [-0.2, -0.15) is 0 Å². The molecule has 1 fully saturated rings. The first-order valence-corrected chi connectivity index (χ1v) is 6.88. The summed E-state index contributed by atoms with van der Waals surface area (Å²) in [6.07, 6.45) is 8.82. The van der Waals surface area contributed by atoms with E-state index in [0.717, 1.165) is 50.8 Å². The SMILES string of the molecule is O=C(Cn1cc2c(c1)C(O)CCC2)N1CCCC1. The van der Waals surface area contributed by atoms with Crippen LogP contribution in [0.1, 0.15) is 42.9 Å². The molecule has 18 heavy (non-hydrogen) atoms. The van der Waals surface area contributed by atoms with Gasteiger partial charge in [0.25, 0.3) is 0 Å². The molecule has 1 unspecified atom stereocenters. The molecule has 0 aromatic carbocycles. The second-order valence-electron chi connectivity index (χ2n) is 5.41. The molecular formula is C14H20N2O2. The fraction of sp³-hybridized carbons (Fsp3) is 0.643. The Balaban J connectivity index is 1.71. The van der Waals surface area contributed by atoms with Crippen molar-refractivity contribution in [2.24, 2.45) is 0 Å². The van der Waals surface area contributed by atoms with Crippen molar-refractivity contribution in [1.82, 2.24) is 9.47 Å². The molecular weight excluding hydrogens is 228 g/mol. The van der Waals surface area contributed by atoms with Gasteiger partial charge in [0.2, 0.25) is 5.91 Å². The fourth-order valence-electron chi connectivity index (χ4n) is 3.04. The standard InChI is InChI=1S/C14H20N2O2/c17-13-5-3-4-11-8-15(9-12(11)13)10-14(18)16-6-1-2-7-16/h8-9,13,17H,1-7,10H2. The van der Waals surface area contributed by atoms with Gasteiger partial charge in [0, 0.05) is 31.0 Å². The summed E-state index contributed by atoms with van der Waals surface area (Å²) in [5.41, 5.74) is 2.23. The molecule has 1 N–H and O–H groups in total. The summed E-state index contributed by atoms with van der Waals surface area (Å²) in [5, 5.41) is 9.91. The van der Waals surface area contributed by atoms with Crippen LogP contribution in [0, 0.1) is 0 Å². The molecule has 2 aliphatic rings. The van der Waals surface area contributed by atoms with E-state index in [2.05, 4.69) is 0 Å². The molecule has 1 amide bonds. The molecule has 1 aliphatic carbocycles. The molecule has 0 bridgehead atoms. The van der Waals surface area contributed by atoms with Crippen molar-refractivity contribution in [3.8, 4) is 0 Å². The zero-order valence-corrected chi connectivity index (χ0v) is 10.6. The number of nitrogens with zero attached hydrogens (tertiary/aromatic N) is 2. The maximum absolute atomic E-state index is 12.1. The summed E-state index contributed by atoms with van der Waals surface area (Å²) in [6, 6.07) is 0. The number of hydrogen-bond donors (Lipinski definition) is 1. The molecule has 1 saturated heterocycles. The van der Waals surface area contributed by atoms with Crippen molar-refractivity contribution in [3.63, 3.8) is 0 Å². The van der Waals surface area contributed by atoms with Gasteiger partial charge in [-0.15, -0.1) is 0 Å². The minimum Gasteiger partial charge on any atom is -0.388 e. The monoisotopic (exact) mass is 248 g/mol. The van der Waals surface area contributed by atoms with Gasteiger partial charge in [0.05, 0.1) is 6.10 Å². The van der Waals surface area contributed by atoms with Gasteiger partial charge in [-0.1, -0.05) is 0 Å². The molecule has 0 spiro atoms. The largest absolute Gasteiger partial charge is 0.388 e. The van der Waals surface area contributed by atoms with Crippen LogP contribution in [0.5, 0.6) is 0 Å². The number of fused-ring (bicyclic) bond motifs is 1. The van der Waals surface area contributed by atoms with E-state index >= 15 is 0 Å². The van der Waals surface area contributed by atoms with Crippen LogP contribution in [0.3, 0.4) is 0 Å². The second kappa shape index (κ2) is 4.76. The molecule has 0 radical (unpaired) electrons. The Hall–Kier alpha value is -1.29. The molecule has 3 rings (SSSR count). The minimum absolute atomic E-state index is 0.203. The molecule has 1 aliphatic heterocycles. The van der Waals surface area contributed by atoms with E-state index < -0.39 is 0 Å². The van der Waals surface area contributed by atoms with Crippen LogP contribution >= 0.6 is 0 Å². The van der Waals surface area contributed by atoms with Gasteiger partial charge in [-0.05, 0) is 37.7 Å². The van der Waals surface area contributed by atoms with E-state index in [1.165, 1.54) is 5.56 Å². The second-order valence-corrected chi connectivity index (χ2v) is 5.41. The van der Waals surface area contributed by atoms with Crippen LogP contribution in [-0.4, -0.2) is 33.6 Å². The number of amides is 1. The summed E-state index contributed by atoms with van der Waals surface area (Å²) in [7, 11) is 0. The van der Waals surface area contributed by atoms with Crippen molar-refractivity contribution in [3.05, 3.63) is 23.5 Å². The summed E-state index contributed by atoms with van der Waals surface area (Å²) in [6.45, 7) is 2.23. The first-order valence-electron chi connectivity index (χ1n) is 6.88. The van der Waals surface area contributed by atoms with Crippen LogP contribution in [0.4, 0.5) is 0 Å². The third-order valence-electron chi connectivity index (χ3n) is 4.06. The number of aliphatic hydroxyl groups excluding tert-OH is 1. The molecule has 0 saturated carbocycles. The van der Waals surface area contributed by atoms with Gasteiger partial charge in [-0.3, -0.25) is 4.79 Å². The topological polar surface area (TPSA) is 45.5 Å². The molecule has 98 valence electrons. The Morgan fingerprint density at radius 2 is 2.06 bits per heavy atom.